The number of phenolic OH excluding ortho intramolecular Hbond substituents is 2. The zero-order valence-corrected chi connectivity index (χ0v) is 13.7. The lowest BCUT2D eigenvalue weighted by Gasteiger charge is -2.29. The molecule has 2 aromatic carbocycles. The summed E-state index contributed by atoms with van der Waals surface area (Å²) < 4.78 is 0. The average molecular weight is 284 g/mol. The number of hydrogen-bond acceptors (Lipinski definition) is 2. The zero-order chi connectivity index (χ0) is 15.9. The summed E-state index contributed by atoms with van der Waals surface area (Å²) in [6, 6.07) is 7.94. The largest absolute Gasteiger partial charge is 0.507 e. The molecule has 0 aliphatic rings. The second-order valence-corrected chi connectivity index (χ2v) is 6.58. The molecule has 0 heterocycles. The van der Waals surface area contributed by atoms with Crippen LogP contribution >= 0.6 is 0 Å². The van der Waals surface area contributed by atoms with Crippen LogP contribution in [0.2, 0.25) is 0 Å². The van der Waals surface area contributed by atoms with Gasteiger partial charge in [-0.25, -0.2) is 0 Å². The van der Waals surface area contributed by atoms with Crippen molar-refractivity contribution in [2.75, 3.05) is 0 Å². The van der Waals surface area contributed by atoms with E-state index in [1.54, 1.807) is 0 Å². The molecule has 2 aromatic rings. The predicted molar refractivity (Wildman–Crippen MR) is 87.3 cm³/mol. The standard InChI is InChI=1S/C19H24O2/c1-11-7-13(3)17(20)15(9-11)19(5,6)16-10-12(2)8-14(4)18(16)21/h7-10,20-21H,1-6H3. The van der Waals surface area contributed by atoms with Gasteiger partial charge in [0, 0.05) is 16.5 Å². The lowest BCUT2D eigenvalue weighted by molar-refractivity contribution is 0.431. The molecule has 0 atom stereocenters. The van der Waals surface area contributed by atoms with Crippen molar-refractivity contribution < 1.29 is 10.2 Å². The van der Waals surface area contributed by atoms with E-state index in [0.29, 0.717) is 11.5 Å². The minimum atomic E-state index is -0.471. The molecule has 2 heteroatoms. The Morgan fingerprint density at radius 2 is 1.00 bits per heavy atom. The molecule has 0 spiro atoms. The maximum Gasteiger partial charge on any atom is 0.122 e. The SMILES string of the molecule is Cc1cc(C)c(O)c(C(C)(C)c2cc(C)cc(C)c2O)c1. The molecule has 0 radical (unpaired) electrons. The van der Waals surface area contributed by atoms with Crippen LogP contribution in [0.15, 0.2) is 24.3 Å². The highest BCUT2D eigenvalue weighted by molar-refractivity contribution is 5.56. The summed E-state index contributed by atoms with van der Waals surface area (Å²) in [5, 5.41) is 20.9. The summed E-state index contributed by atoms with van der Waals surface area (Å²) in [5.41, 5.74) is 5.17. The van der Waals surface area contributed by atoms with Crippen LogP contribution in [0, 0.1) is 27.7 Å². The van der Waals surface area contributed by atoms with Crippen LogP contribution in [0.3, 0.4) is 0 Å². The summed E-state index contributed by atoms with van der Waals surface area (Å²) in [5.74, 6) is 0.619. The molecule has 0 aliphatic carbocycles. The van der Waals surface area contributed by atoms with E-state index in [-0.39, 0.29) is 0 Å². The first-order chi connectivity index (χ1) is 9.64. The molecule has 0 saturated heterocycles. The fourth-order valence-electron chi connectivity index (χ4n) is 3.02. The van der Waals surface area contributed by atoms with Crippen LogP contribution in [-0.2, 0) is 5.41 Å². The monoisotopic (exact) mass is 284 g/mol. The van der Waals surface area contributed by atoms with Crippen molar-refractivity contribution in [1.82, 2.24) is 0 Å². The van der Waals surface area contributed by atoms with E-state index in [4.69, 9.17) is 0 Å². The van der Waals surface area contributed by atoms with Crippen LogP contribution in [0.25, 0.3) is 0 Å². The Hall–Kier alpha value is -1.96. The quantitative estimate of drug-likeness (QED) is 0.842. The Bertz CT molecular complexity index is 638. The van der Waals surface area contributed by atoms with Crippen molar-refractivity contribution in [3.05, 3.63) is 57.6 Å². The van der Waals surface area contributed by atoms with Crippen molar-refractivity contribution in [3.8, 4) is 11.5 Å². The lowest BCUT2D eigenvalue weighted by atomic mass is 9.75. The van der Waals surface area contributed by atoms with Crippen molar-refractivity contribution in [2.45, 2.75) is 47.0 Å². The lowest BCUT2D eigenvalue weighted by Crippen LogP contribution is -2.20. The molecule has 0 bridgehead atoms. The molecule has 112 valence electrons. The van der Waals surface area contributed by atoms with Gasteiger partial charge in [0.1, 0.15) is 11.5 Å². The second kappa shape index (κ2) is 5.10. The van der Waals surface area contributed by atoms with Gasteiger partial charge < -0.3 is 10.2 Å². The molecule has 0 fully saturated rings. The number of aromatic hydroxyl groups is 2. The van der Waals surface area contributed by atoms with Gasteiger partial charge in [0.05, 0.1) is 0 Å². The summed E-state index contributed by atoms with van der Waals surface area (Å²) >= 11 is 0. The zero-order valence-electron chi connectivity index (χ0n) is 13.7. The van der Waals surface area contributed by atoms with Gasteiger partial charge >= 0.3 is 0 Å². The van der Waals surface area contributed by atoms with Gasteiger partial charge in [-0.15, -0.1) is 0 Å². The first-order valence-electron chi connectivity index (χ1n) is 7.26. The Kier molecular flexibility index (Phi) is 3.75. The van der Waals surface area contributed by atoms with Gasteiger partial charge in [-0.2, -0.15) is 0 Å². The van der Waals surface area contributed by atoms with Gasteiger partial charge in [0.25, 0.3) is 0 Å². The fraction of sp³-hybridized carbons (Fsp3) is 0.368. The molecule has 0 aliphatic heterocycles. The Labute approximate surface area is 127 Å². The summed E-state index contributed by atoms with van der Waals surface area (Å²) in [4.78, 5) is 0. The third kappa shape index (κ3) is 2.63. The minimum absolute atomic E-state index is 0.309. The number of rotatable bonds is 2. The Balaban J connectivity index is 2.73. The first kappa shape index (κ1) is 15.4. The highest BCUT2D eigenvalue weighted by Gasteiger charge is 2.30. The van der Waals surface area contributed by atoms with E-state index in [1.165, 1.54) is 0 Å². The van der Waals surface area contributed by atoms with Gasteiger partial charge in [0.2, 0.25) is 0 Å². The number of hydrogen-bond donors (Lipinski definition) is 2. The van der Waals surface area contributed by atoms with E-state index < -0.39 is 5.41 Å². The van der Waals surface area contributed by atoms with E-state index in [2.05, 4.69) is 0 Å². The van der Waals surface area contributed by atoms with Crippen molar-refractivity contribution in [1.29, 1.82) is 0 Å². The van der Waals surface area contributed by atoms with Crippen LogP contribution < -0.4 is 0 Å². The molecule has 0 aromatic heterocycles. The topological polar surface area (TPSA) is 40.5 Å². The molecule has 0 saturated carbocycles. The van der Waals surface area contributed by atoms with E-state index >= 15 is 0 Å². The van der Waals surface area contributed by atoms with E-state index in [1.807, 2.05) is 65.8 Å². The molecule has 2 N–H and O–H groups in total. The van der Waals surface area contributed by atoms with Crippen LogP contribution in [0.1, 0.15) is 47.2 Å². The van der Waals surface area contributed by atoms with Crippen molar-refractivity contribution in [3.63, 3.8) is 0 Å². The van der Waals surface area contributed by atoms with E-state index in [0.717, 1.165) is 33.4 Å². The Morgan fingerprint density at radius 3 is 1.33 bits per heavy atom. The average Bonchev–Trinajstić information content (AvgIpc) is 2.37. The number of aryl methyl sites for hydroxylation is 4. The summed E-state index contributed by atoms with van der Waals surface area (Å²) in [7, 11) is 0. The molecule has 0 unspecified atom stereocenters. The number of benzene rings is 2. The van der Waals surface area contributed by atoms with Gasteiger partial charge in [-0.1, -0.05) is 49.2 Å². The predicted octanol–water partition coefficient (Wildman–Crippen LogP) is 4.66. The summed E-state index contributed by atoms with van der Waals surface area (Å²) in [6.07, 6.45) is 0. The minimum Gasteiger partial charge on any atom is -0.507 e. The highest BCUT2D eigenvalue weighted by atomic mass is 16.3. The maximum absolute atomic E-state index is 10.5. The molecular weight excluding hydrogens is 260 g/mol. The first-order valence-corrected chi connectivity index (χ1v) is 7.26. The highest BCUT2D eigenvalue weighted by Crippen LogP contribution is 2.43. The normalized spacial score (nSPS) is 11.7. The molecule has 2 rings (SSSR count). The maximum atomic E-state index is 10.5. The Morgan fingerprint density at radius 1 is 0.667 bits per heavy atom. The fourth-order valence-corrected chi connectivity index (χ4v) is 3.02. The third-order valence-corrected chi connectivity index (χ3v) is 4.24. The van der Waals surface area contributed by atoms with Gasteiger partial charge in [0.15, 0.2) is 0 Å². The van der Waals surface area contributed by atoms with Gasteiger partial charge in [-0.05, 0) is 38.8 Å². The molecule has 2 nitrogen and oxygen atoms in total. The van der Waals surface area contributed by atoms with Gasteiger partial charge in [-0.3, -0.25) is 0 Å². The van der Waals surface area contributed by atoms with Crippen LogP contribution in [0.5, 0.6) is 11.5 Å². The smallest absolute Gasteiger partial charge is 0.122 e. The van der Waals surface area contributed by atoms with Crippen LogP contribution in [-0.4, -0.2) is 10.2 Å². The molecule has 0 amide bonds. The van der Waals surface area contributed by atoms with Crippen LogP contribution in [0.4, 0.5) is 0 Å². The second-order valence-electron chi connectivity index (χ2n) is 6.58. The molecule has 21 heavy (non-hydrogen) atoms. The van der Waals surface area contributed by atoms with Crippen molar-refractivity contribution in [2.24, 2.45) is 0 Å². The van der Waals surface area contributed by atoms with E-state index in [9.17, 15) is 10.2 Å². The third-order valence-electron chi connectivity index (χ3n) is 4.24. The summed E-state index contributed by atoms with van der Waals surface area (Å²) in [6.45, 7) is 11.9. The van der Waals surface area contributed by atoms with Crippen molar-refractivity contribution >= 4 is 0 Å². The number of phenols is 2. The molecular formula is C19H24O2.